The summed E-state index contributed by atoms with van der Waals surface area (Å²) in [5, 5.41) is 0. The number of nitrogens with two attached hydrogens (primary N) is 1. The molecule has 1 atom stereocenters. The maximum atomic E-state index is 5.62. The number of aromatic nitrogens is 2. The second-order valence-electron chi connectivity index (χ2n) is 4.32. The molecule has 1 aromatic rings. The van der Waals surface area contributed by atoms with Gasteiger partial charge >= 0.3 is 0 Å². The van der Waals surface area contributed by atoms with Crippen LogP contribution in [0.1, 0.15) is 50.3 Å². The van der Waals surface area contributed by atoms with Gasteiger partial charge in [0, 0.05) is 24.7 Å². The highest BCUT2D eigenvalue weighted by Crippen LogP contribution is 2.29. The molecule has 1 unspecified atom stereocenters. The molecule has 78 valence electrons. The first-order chi connectivity index (χ1) is 6.81. The molecule has 0 aliphatic heterocycles. The third-order valence-corrected chi connectivity index (χ3v) is 3.23. The second kappa shape index (κ2) is 4.13. The number of nitrogens with zero attached hydrogens (tertiary/aromatic N) is 2. The molecule has 0 aromatic carbocycles. The summed E-state index contributed by atoms with van der Waals surface area (Å²) < 4.78 is 2.27. The Morgan fingerprint density at radius 3 is 2.93 bits per heavy atom. The summed E-state index contributed by atoms with van der Waals surface area (Å²) >= 11 is 0. The Labute approximate surface area is 85.3 Å². The van der Waals surface area contributed by atoms with E-state index in [2.05, 4.69) is 22.7 Å². The van der Waals surface area contributed by atoms with Crippen LogP contribution in [0.3, 0.4) is 0 Å². The zero-order chi connectivity index (χ0) is 9.97. The van der Waals surface area contributed by atoms with Gasteiger partial charge in [0.15, 0.2) is 0 Å². The average Bonchev–Trinajstić information content (AvgIpc) is 2.86. The average molecular weight is 193 g/mol. The first-order valence-electron chi connectivity index (χ1n) is 5.54. The molecule has 14 heavy (non-hydrogen) atoms. The van der Waals surface area contributed by atoms with E-state index in [-0.39, 0.29) is 0 Å². The van der Waals surface area contributed by atoms with Gasteiger partial charge in [-0.1, -0.05) is 19.8 Å². The maximum absolute atomic E-state index is 5.62. The summed E-state index contributed by atoms with van der Waals surface area (Å²) in [6.07, 6.45) is 9.50. The Morgan fingerprint density at radius 1 is 1.57 bits per heavy atom. The highest BCUT2D eigenvalue weighted by atomic mass is 15.1. The quantitative estimate of drug-likeness (QED) is 0.798. The molecule has 1 saturated carbocycles. The standard InChI is InChI=1S/C11H19N3/c1-9(6-12)11-7-14(8-13-11)10-4-2-3-5-10/h7-10H,2-6,12H2,1H3. The molecule has 3 heteroatoms. The van der Waals surface area contributed by atoms with E-state index < -0.39 is 0 Å². The zero-order valence-electron chi connectivity index (χ0n) is 8.82. The molecule has 0 bridgehead atoms. The van der Waals surface area contributed by atoms with Crippen LogP contribution in [0.5, 0.6) is 0 Å². The number of hydrogen-bond acceptors (Lipinski definition) is 2. The lowest BCUT2D eigenvalue weighted by molar-refractivity contribution is 0.517. The summed E-state index contributed by atoms with van der Waals surface area (Å²) in [7, 11) is 0. The minimum Gasteiger partial charge on any atom is -0.334 e. The second-order valence-corrected chi connectivity index (χ2v) is 4.32. The van der Waals surface area contributed by atoms with Crippen LogP contribution in [-0.4, -0.2) is 16.1 Å². The van der Waals surface area contributed by atoms with Crippen molar-refractivity contribution in [3.63, 3.8) is 0 Å². The SMILES string of the molecule is CC(CN)c1cn(C2CCCC2)cn1. The largest absolute Gasteiger partial charge is 0.334 e. The van der Waals surface area contributed by atoms with Crippen LogP contribution in [0.2, 0.25) is 0 Å². The van der Waals surface area contributed by atoms with Gasteiger partial charge in [0.2, 0.25) is 0 Å². The zero-order valence-corrected chi connectivity index (χ0v) is 8.82. The molecular weight excluding hydrogens is 174 g/mol. The van der Waals surface area contributed by atoms with Gasteiger partial charge in [-0.25, -0.2) is 4.98 Å². The van der Waals surface area contributed by atoms with E-state index in [0.29, 0.717) is 18.5 Å². The van der Waals surface area contributed by atoms with Gasteiger partial charge in [-0.15, -0.1) is 0 Å². The van der Waals surface area contributed by atoms with Crippen LogP contribution < -0.4 is 5.73 Å². The minimum atomic E-state index is 0.387. The van der Waals surface area contributed by atoms with E-state index in [9.17, 15) is 0 Å². The van der Waals surface area contributed by atoms with Gasteiger partial charge in [-0.3, -0.25) is 0 Å². The lowest BCUT2D eigenvalue weighted by Crippen LogP contribution is -2.09. The Hall–Kier alpha value is -0.830. The van der Waals surface area contributed by atoms with Crippen molar-refractivity contribution in [2.24, 2.45) is 5.73 Å². The van der Waals surface area contributed by atoms with Crippen molar-refractivity contribution in [1.82, 2.24) is 9.55 Å². The highest BCUT2D eigenvalue weighted by Gasteiger charge is 2.17. The predicted octanol–water partition coefficient (Wildman–Crippen LogP) is 2.06. The highest BCUT2D eigenvalue weighted by molar-refractivity contribution is 5.05. The van der Waals surface area contributed by atoms with Gasteiger partial charge in [-0.2, -0.15) is 0 Å². The number of rotatable bonds is 3. The summed E-state index contributed by atoms with van der Waals surface area (Å²) in [4.78, 5) is 4.41. The first-order valence-corrected chi connectivity index (χ1v) is 5.54. The summed E-state index contributed by atoms with van der Waals surface area (Å²) in [6.45, 7) is 2.81. The molecule has 0 radical (unpaired) electrons. The molecule has 1 heterocycles. The van der Waals surface area contributed by atoms with E-state index in [4.69, 9.17) is 5.73 Å². The van der Waals surface area contributed by atoms with Crippen molar-refractivity contribution < 1.29 is 0 Å². The molecule has 0 amide bonds. The van der Waals surface area contributed by atoms with Crippen LogP contribution in [0.4, 0.5) is 0 Å². The molecule has 2 rings (SSSR count). The third kappa shape index (κ3) is 1.82. The van der Waals surface area contributed by atoms with Gasteiger partial charge in [0.25, 0.3) is 0 Å². The molecule has 2 N–H and O–H groups in total. The lowest BCUT2D eigenvalue weighted by atomic mass is 10.1. The molecular formula is C11H19N3. The van der Waals surface area contributed by atoms with E-state index in [0.717, 1.165) is 5.69 Å². The molecule has 1 fully saturated rings. The molecule has 1 aliphatic rings. The fourth-order valence-electron chi connectivity index (χ4n) is 2.13. The van der Waals surface area contributed by atoms with Crippen molar-refractivity contribution in [3.05, 3.63) is 18.2 Å². The molecule has 0 saturated heterocycles. The van der Waals surface area contributed by atoms with Crippen LogP contribution in [0.25, 0.3) is 0 Å². The number of hydrogen-bond donors (Lipinski definition) is 1. The van der Waals surface area contributed by atoms with Crippen molar-refractivity contribution in [1.29, 1.82) is 0 Å². The predicted molar refractivity (Wildman–Crippen MR) is 57.2 cm³/mol. The summed E-state index contributed by atoms with van der Waals surface area (Å²) in [6, 6.07) is 0.696. The van der Waals surface area contributed by atoms with Crippen LogP contribution in [0, 0.1) is 0 Å². The Kier molecular flexibility index (Phi) is 2.87. The lowest BCUT2D eigenvalue weighted by Gasteiger charge is -2.10. The van der Waals surface area contributed by atoms with E-state index >= 15 is 0 Å². The molecule has 3 nitrogen and oxygen atoms in total. The van der Waals surface area contributed by atoms with Crippen LogP contribution >= 0.6 is 0 Å². The normalized spacial score (nSPS) is 20.1. The minimum absolute atomic E-state index is 0.387. The van der Waals surface area contributed by atoms with Crippen molar-refractivity contribution in [3.8, 4) is 0 Å². The number of imidazole rings is 1. The monoisotopic (exact) mass is 193 g/mol. The van der Waals surface area contributed by atoms with Gasteiger partial charge in [0.05, 0.1) is 12.0 Å². The van der Waals surface area contributed by atoms with Crippen molar-refractivity contribution in [2.75, 3.05) is 6.54 Å². The Bertz CT molecular complexity index is 286. The Balaban J connectivity index is 2.08. The first kappa shape index (κ1) is 9.71. The summed E-state index contributed by atoms with van der Waals surface area (Å²) in [5.41, 5.74) is 6.76. The van der Waals surface area contributed by atoms with E-state index in [1.54, 1.807) is 0 Å². The van der Waals surface area contributed by atoms with Crippen LogP contribution in [-0.2, 0) is 0 Å². The van der Waals surface area contributed by atoms with Gasteiger partial charge in [0.1, 0.15) is 0 Å². The maximum Gasteiger partial charge on any atom is 0.0952 e. The molecule has 0 spiro atoms. The Morgan fingerprint density at radius 2 is 2.29 bits per heavy atom. The van der Waals surface area contributed by atoms with E-state index in [1.807, 2.05) is 6.33 Å². The van der Waals surface area contributed by atoms with Crippen molar-refractivity contribution >= 4 is 0 Å². The molecule has 1 aromatic heterocycles. The smallest absolute Gasteiger partial charge is 0.0952 e. The van der Waals surface area contributed by atoms with Crippen LogP contribution in [0.15, 0.2) is 12.5 Å². The van der Waals surface area contributed by atoms with Gasteiger partial charge in [-0.05, 0) is 12.8 Å². The van der Waals surface area contributed by atoms with E-state index in [1.165, 1.54) is 25.7 Å². The molecule has 1 aliphatic carbocycles. The van der Waals surface area contributed by atoms with Crippen molar-refractivity contribution in [2.45, 2.75) is 44.6 Å². The fourth-order valence-corrected chi connectivity index (χ4v) is 2.13. The summed E-state index contributed by atoms with van der Waals surface area (Å²) in [5.74, 6) is 0.387. The fraction of sp³-hybridized carbons (Fsp3) is 0.727. The topological polar surface area (TPSA) is 43.8 Å². The van der Waals surface area contributed by atoms with Gasteiger partial charge < -0.3 is 10.3 Å². The third-order valence-electron chi connectivity index (χ3n) is 3.23.